The first-order valence-corrected chi connectivity index (χ1v) is 8.08. The van der Waals surface area contributed by atoms with Gasteiger partial charge in [-0.2, -0.15) is 5.10 Å². The Morgan fingerprint density at radius 3 is 2.75 bits per heavy atom. The molecule has 2 unspecified atom stereocenters. The average Bonchev–Trinajstić information content (AvgIpc) is 2.94. The smallest absolute Gasteiger partial charge is 0.0857 e. The molecule has 2 rings (SSSR count). The van der Waals surface area contributed by atoms with Gasteiger partial charge >= 0.3 is 0 Å². The number of aliphatic hydroxyl groups is 1. The predicted octanol–water partition coefficient (Wildman–Crippen LogP) is 3.11. The third kappa shape index (κ3) is 4.06. The van der Waals surface area contributed by atoms with E-state index in [9.17, 15) is 5.11 Å². The summed E-state index contributed by atoms with van der Waals surface area (Å²) in [6.45, 7) is 4.66. The molecule has 1 fully saturated rings. The van der Waals surface area contributed by atoms with Crippen molar-refractivity contribution in [1.29, 1.82) is 0 Å². The highest BCUT2D eigenvalue weighted by molar-refractivity contribution is 5.02. The van der Waals surface area contributed by atoms with Gasteiger partial charge in [-0.25, -0.2) is 0 Å². The van der Waals surface area contributed by atoms with E-state index in [1.807, 2.05) is 19.9 Å². The zero-order chi connectivity index (χ0) is 14.4. The molecule has 1 heterocycles. The van der Waals surface area contributed by atoms with Crippen molar-refractivity contribution in [3.05, 3.63) is 18.0 Å². The molecule has 1 N–H and O–H groups in total. The SMILES string of the molecule is CCOC(CC)C(O)Cc1ccn(C2CCCCC2)n1. The molecule has 0 radical (unpaired) electrons. The lowest BCUT2D eigenvalue weighted by molar-refractivity contribution is -0.0339. The Bertz CT molecular complexity index is 386. The third-order valence-electron chi connectivity index (χ3n) is 4.24. The minimum absolute atomic E-state index is 0.0835. The number of ether oxygens (including phenoxy) is 1. The van der Waals surface area contributed by atoms with E-state index < -0.39 is 6.10 Å². The second kappa shape index (κ2) is 7.79. The van der Waals surface area contributed by atoms with Crippen molar-refractivity contribution < 1.29 is 9.84 Å². The molecule has 4 nitrogen and oxygen atoms in total. The van der Waals surface area contributed by atoms with Crippen LogP contribution in [-0.4, -0.2) is 33.7 Å². The minimum atomic E-state index is -0.463. The second-order valence-corrected chi connectivity index (χ2v) is 5.75. The van der Waals surface area contributed by atoms with Crippen molar-refractivity contribution in [3.63, 3.8) is 0 Å². The van der Waals surface area contributed by atoms with Gasteiger partial charge in [0.15, 0.2) is 0 Å². The van der Waals surface area contributed by atoms with Crippen LogP contribution >= 0.6 is 0 Å². The van der Waals surface area contributed by atoms with Crippen molar-refractivity contribution >= 4 is 0 Å². The molecular weight excluding hydrogens is 252 g/mol. The van der Waals surface area contributed by atoms with Crippen molar-refractivity contribution in [2.75, 3.05) is 6.61 Å². The molecule has 1 aromatic rings. The van der Waals surface area contributed by atoms with Crippen molar-refractivity contribution in [1.82, 2.24) is 9.78 Å². The number of aliphatic hydroxyl groups excluding tert-OH is 1. The van der Waals surface area contributed by atoms with Crippen molar-refractivity contribution in [3.8, 4) is 0 Å². The fraction of sp³-hybridized carbons (Fsp3) is 0.812. The first-order chi connectivity index (χ1) is 9.74. The van der Waals surface area contributed by atoms with Gasteiger partial charge in [0.1, 0.15) is 0 Å². The van der Waals surface area contributed by atoms with Gasteiger partial charge < -0.3 is 9.84 Å². The van der Waals surface area contributed by atoms with E-state index in [2.05, 4.69) is 16.0 Å². The topological polar surface area (TPSA) is 47.3 Å². The first-order valence-electron chi connectivity index (χ1n) is 8.08. The van der Waals surface area contributed by atoms with Gasteiger partial charge in [-0.15, -0.1) is 0 Å². The van der Waals surface area contributed by atoms with Crippen LogP contribution in [0.15, 0.2) is 12.3 Å². The standard InChI is InChI=1S/C16H28N2O2/c1-3-16(20-4-2)15(19)12-13-10-11-18(17-13)14-8-6-5-7-9-14/h10-11,14-16,19H,3-9,12H2,1-2H3. The van der Waals surface area contributed by atoms with E-state index in [0.29, 0.717) is 19.1 Å². The summed E-state index contributed by atoms with van der Waals surface area (Å²) in [5.74, 6) is 0. The molecule has 114 valence electrons. The van der Waals surface area contributed by atoms with Crippen LogP contribution in [0.4, 0.5) is 0 Å². The third-order valence-corrected chi connectivity index (χ3v) is 4.24. The van der Waals surface area contributed by atoms with Gasteiger partial charge in [-0.3, -0.25) is 4.68 Å². The summed E-state index contributed by atoms with van der Waals surface area (Å²) in [7, 11) is 0. The van der Waals surface area contributed by atoms with Gasteiger partial charge in [0.25, 0.3) is 0 Å². The predicted molar refractivity (Wildman–Crippen MR) is 79.8 cm³/mol. The highest BCUT2D eigenvalue weighted by Gasteiger charge is 2.20. The minimum Gasteiger partial charge on any atom is -0.390 e. The van der Waals surface area contributed by atoms with E-state index in [1.54, 1.807) is 0 Å². The summed E-state index contributed by atoms with van der Waals surface area (Å²) < 4.78 is 7.66. The van der Waals surface area contributed by atoms with E-state index in [1.165, 1.54) is 32.1 Å². The Morgan fingerprint density at radius 1 is 1.35 bits per heavy atom. The van der Waals surface area contributed by atoms with Gasteiger partial charge in [-0.05, 0) is 32.3 Å². The molecular formula is C16H28N2O2. The largest absolute Gasteiger partial charge is 0.390 e. The Kier molecular flexibility index (Phi) is 6.05. The maximum absolute atomic E-state index is 10.2. The maximum Gasteiger partial charge on any atom is 0.0857 e. The van der Waals surface area contributed by atoms with Crippen LogP contribution in [0.25, 0.3) is 0 Å². The lowest BCUT2D eigenvalue weighted by Crippen LogP contribution is -2.30. The van der Waals surface area contributed by atoms with Crippen LogP contribution in [0.5, 0.6) is 0 Å². The van der Waals surface area contributed by atoms with Crippen molar-refractivity contribution in [2.45, 2.75) is 77.0 Å². The Hall–Kier alpha value is -0.870. The van der Waals surface area contributed by atoms with Crippen LogP contribution in [0.1, 0.15) is 64.1 Å². The molecule has 1 aromatic heterocycles. The molecule has 0 bridgehead atoms. The zero-order valence-electron chi connectivity index (χ0n) is 12.8. The van der Waals surface area contributed by atoms with Crippen LogP contribution in [0.3, 0.4) is 0 Å². The van der Waals surface area contributed by atoms with Gasteiger partial charge in [0.2, 0.25) is 0 Å². The van der Waals surface area contributed by atoms with Crippen LogP contribution in [0, 0.1) is 0 Å². The molecule has 4 heteroatoms. The highest BCUT2D eigenvalue weighted by Crippen LogP contribution is 2.27. The molecule has 2 atom stereocenters. The number of hydrogen-bond acceptors (Lipinski definition) is 3. The molecule has 0 spiro atoms. The quantitative estimate of drug-likeness (QED) is 0.835. The van der Waals surface area contributed by atoms with Crippen molar-refractivity contribution in [2.24, 2.45) is 0 Å². The van der Waals surface area contributed by atoms with Gasteiger partial charge in [0.05, 0.1) is 23.9 Å². The maximum atomic E-state index is 10.2. The summed E-state index contributed by atoms with van der Waals surface area (Å²) in [6.07, 6.45) is 9.39. The molecule has 0 aromatic carbocycles. The van der Waals surface area contributed by atoms with E-state index in [4.69, 9.17) is 4.74 Å². The molecule has 20 heavy (non-hydrogen) atoms. The summed E-state index contributed by atoms with van der Waals surface area (Å²) in [4.78, 5) is 0. The molecule has 1 aliphatic rings. The Balaban J connectivity index is 1.91. The number of aromatic nitrogens is 2. The number of nitrogens with zero attached hydrogens (tertiary/aromatic N) is 2. The highest BCUT2D eigenvalue weighted by atomic mass is 16.5. The molecule has 1 aliphatic carbocycles. The van der Waals surface area contributed by atoms with E-state index >= 15 is 0 Å². The molecule has 0 amide bonds. The second-order valence-electron chi connectivity index (χ2n) is 5.75. The summed E-state index contributed by atoms with van der Waals surface area (Å²) in [5.41, 5.74) is 0.973. The fourth-order valence-electron chi connectivity index (χ4n) is 3.10. The average molecular weight is 280 g/mol. The first kappa shape index (κ1) is 15.5. The molecule has 0 aliphatic heterocycles. The normalized spacial score (nSPS) is 19.9. The number of hydrogen-bond donors (Lipinski definition) is 1. The lowest BCUT2D eigenvalue weighted by atomic mass is 9.96. The van der Waals surface area contributed by atoms with Gasteiger partial charge in [0, 0.05) is 19.2 Å². The Morgan fingerprint density at radius 2 is 2.10 bits per heavy atom. The van der Waals surface area contributed by atoms with E-state index in [0.717, 1.165) is 12.1 Å². The number of rotatable bonds is 7. The molecule has 0 saturated heterocycles. The van der Waals surface area contributed by atoms with Crippen LogP contribution in [0.2, 0.25) is 0 Å². The fourth-order valence-corrected chi connectivity index (χ4v) is 3.10. The Labute approximate surface area is 122 Å². The monoisotopic (exact) mass is 280 g/mol. The summed E-state index contributed by atoms with van der Waals surface area (Å²) in [5, 5.41) is 14.9. The summed E-state index contributed by atoms with van der Waals surface area (Å²) in [6, 6.07) is 2.60. The van der Waals surface area contributed by atoms with Crippen LogP contribution in [-0.2, 0) is 11.2 Å². The van der Waals surface area contributed by atoms with Crippen LogP contribution < -0.4 is 0 Å². The zero-order valence-corrected chi connectivity index (χ0v) is 12.8. The lowest BCUT2D eigenvalue weighted by Gasteiger charge is -2.22. The van der Waals surface area contributed by atoms with E-state index in [-0.39, 0.29) is 6.10 Å². The van der Waals surface area contributed by atoms with Gasteiger partial charge in [-0.1, -0.05) is 26.2 Å². The molecule has 1 saturated carbocycles. The summed E-state index contributed by atoms with van der Waals surface area (Å²) >= 11 is 0.